The number of rotatable bonds is 5. The van der Waals surface area contributed by atoms with Crippen LogP contribution in [0.4, 0.5) is 4.79 Å². The molecule has 2 saturated carbocycles. The number of fused-ring (bicyclic) bond motifs is 3. The Hall–Kier alpha value is -2.82. The SMILES string of the molecule is O=C(O)CC1(NC(=O)OCC2c3ccccc3-c3ccccc32)CCCC2(CC2)C1. The van der Waals surface area contributed by atoms with E-state index in [0.717, 1.165) is 32.1 Å². The first-order chi connectivity index (χ1) is 14.5. The predicted molar refractivity (Wildman–Crippen MR) is 113 cm³/mol. The maximum absolute atomic E-state index is 12.8. The van der Waals surface area contributed by atoms with Crippen LogP contribution in [-0.2, 0) is 9.53 Å². The van der Waals surface area contributed by atoms with E-state index in [4.69, 9.17) is 4.74 Å². The van der Waals surface area contributed by atoms with Gasteiger partial charge in [-0.05, 0) is 59.8 Å². The van der Waals surface area contributed by atoms with E-state index in [1.807, 2.05) is 24.3 Å². The van der Waals surface area contributed by atoms with Crippen molar-refractivity contribution in [2.24, 2.45) is 5.41 Å². The molecule has 1 atom stereocenters. The van der Waals surface area contributed by atoms with E-state index < -0.39 is 17.6 Å². The molecule has 2 N–H and O–H groups in total. The van der Waals surface area contributed by atoms with Crippen LogP contribution in [0.25, 0.3) is 11.1 Å². The summed E-state index contributed by atoms with van der Waals surface area (Å²) in [6, 6.07) is 16.5. The number of aliphatic carboxylic acids is 1. The monoisotopic (exact) mass is 405 g/mol. The van der Waals surface area contributed by atoms with E-state index in [9.17, 15) is 14.7 Å². The molecule has 1 amide bonds. The van der Waals surface area contributed by atoms with Crippen molar-refractivity contribution >= 4 is 12.1 Å². The fourth-order valence-electron chi connectivity index (χ4n) is 5.74. The van der Waals surface area contributed by atoms with Crippen LogP contribution in [0, 0.1) is 5.41 Å². The molecule has 3 aliphatic rings. The summed E-state index contributed by atoms with van der Waals surface area (Å²) in [6.07, 6.45) is 5.27. The Morgan fingerprint density at radius 1 is 0.967 bits per heavy atom. The van der Waals surface area contributed by atoms with Gasteiger partial charge in [0.15, 0.2) is 0 Å². The van der Waals surface area contributed by atoms with E-state index >= 15 is 0 Å². The second-order valence-electron chi connectivity index (χ2n) is 9.33. The Bertz CT molecular complexity index is 951. The molecule has 1 spiro atoms. The molecule has 30 heavy (non-hydrogen) atoms. The first kappa shape index (κ1) is 19.2. The number of alkyl carbamates (subject to hydrolysis) is 1. The molecule has 0 saturated heterocycles. The van der Waals surface area contributed by atoms with E-state index in [1.54, 1.807) is 0 Å². The number of hydrogen-bond donors (Lipinski definition) is 2. The normalized spacial score (nSPS) is 23.5. The van der Waals surface area contributed by atoms with Gasteiger partial charge in [-0.25, -0.2) is 4.79 Å². The zero-order valence-corrected chi connectivity index (χ0v) is 17.0. The first-order valence-corrected chi connectivity index (χ1v) is 10.8. The molecule has 5 nitrogen and oxygen atoms in total. The lowest BCUT2D eigenvalue weighted by atomic mass is 9.72. The Kier molecular flexibility index (Phi) is 4.57. The third-order valence-corrected chi connectivity index (χ3v) is 7.23. The number of carboxylic acid groups (broad SMARTS) is 1. The number of carboxylic acids is 1. The molecule has 0 aliphatic heterocycles. The molecule has 2 fully saturated rings. The lowest BCUT2D eigenvalue weighted by molar-refractivity contribution is -0.139. The topological polar surface area (TPSA) is 75.6 Å². The van der Waals surface area contributed by atoms with Crippen LogP contribution in [0.2, 0.25) is 0 Å². The maximum atomic E-state index is 12.8. The molecule has 5 heteroatoms. The Labute approximate surface area is 176 Å². The summed E-state index contributed by atoms with van der Waals surface area (Å²) in [4.78, 5) is 24.3. The van der Waals surface area contributed by atoms with Gasteiger partial charge in [0.1, 0.15) is 6.61 Å². The fraction of sp³-hybridized carbons (Fsp3) is 0.440. The Morgan fingerprint density at radius 2 is 1.60 bits per heavy atom. The van der Waals surface area contributed by atoms with Crippen molar-refractivity contribution in [2.75, 3.05) is 6.61 Å². The number of ether oxygens (including phenoxy) is 1. The molecule has 5 rings (SSSR count). The summed E-state index contributed by atoms with van der Waals surface area (Å²) in [5, 5.41) is 12.5. The minimum Gasteiger partial charge on any atom is -0.481 e. The summed E-state index contributed by atoms with van der Waals surface area (Å²) in [6.45, 7) is 0.244. The number of benzene rings is 2. The average molecular weight is 405 g/mol. The minimum absolute atomic E-state index is 0.000274. The third-order valence-electron chi connectivity index (χ3n) is 7.23. The summed E-state index contributed by atoms with van der Waals surface area (Å²) in [5.74, 6) is -0.869. The molecular formula is C25H27NO4. The van der Waals surface area contributed by atoms with Crippen LogP contribution in [0.1, 0.15) is 62.0 Å². The standard InChI is InChI=1S/C25H27NO4/c27-22(28)14-25(11-5-10-24(16-25)12-13-24)26-23(29)30-15-21-19-8-3-1-6-17(19)18-7-2-4-9-20(18)21/h1-4,6-9,21H,5,10-16H2,(H,26,29)(H,27,28). The van der Waals surface area contributed by atoms with Crippen molar-refractivity contribution in [2.45, 2.75) is 56.4 Å². The largest absolute Gasteiger partial charge is 0.481 e. The number of hydrogen-bond acceptors (Lipinski definition) is 3. The molecule has 2 aromatic carbocycles. The molecule has 0 aromatic heterocycles. The maximum Gasteiger partial charge on any atom is 0.407 e. The van der Waals surface area contributed by atoms with Crippen LogP contribution >= 0.6 is 0 Å². The Morgan fingerprint density at radius 3 is 2.20 bits per heavy atom. The first-order valence-electron chi connectivity index (χ1n) is 10.8. The highest BCUT2D eigenvalue weighted by Gasteiger charge is 2.52. The summed E-state index contributed by atoms with van der Waals surface area (Å²) in [5.41, 5.74) is 4.26. The lowest BCUT2D eigenvalue weighted by Gasteiger charge is -2.40. The summed E-state index contributed by atoms with van der Waals surface area (Å²) in [7, 11) is 0. The molecule has 156 valence electrons. The molecule has 0 radical (unpaired) electrons. The van der Waals surface area contributed by atoms with Crippen molar-refractivity contribution < 1.29 is 19.4 Å². The van der Waals surface area contributed by atoms with Gasteiger partial charge in [0.05, 0.1) is 12.0 Å². The number of amides is 1. The summed E-state index contributed by atoms with van der Waals surface area (Å²) >= 11 is 0. The van der Waals surface area contributed by atoms with Gasteiger partial charge in [-0.1, -0.05) is 55.0 Å². The molecule has 2 aromatic rings. The highest BCUT2D eigenvalue weighted by Crippen LogP contribution is 2.59. The van der Waals surface area contributed by atoms with Crippen LogP contribution in [-0.4, -0.2) is 29.3 Å². The van der Waals surface area contributed by atoms with Crippen molar-refractivity contribution in [3.05, 3.63) is 59.7 Å². The third kappa shape index (κ3) is 3.47. The van der Waals surface area contributed by atoms with Gasteiger partial charge < -0.3 is 15.2 Å². The van der Waals surface area contributed by atoms with Crippen molar-refractivity contribution in [1.29, 1.82) is 0 Å². The van der Waals surface area contributed by atoms with Gasteiger partial charge in [0, 0.05) is 5.92 Å². The van der Waals surface area contributed by atoms with E-state index in [1.165, 1.54) is 22.3 Å². The number of carbonyl (C=O) groups excluding carboxylic acids is 1. The molecular weight excluding hydrogens is 378 g/mol. The minimum atomic E-state index is -0.869. The zero-order chi connectivity index (χ0) is 20.8. The molecule has 3 aliphatic carbocycles. The van der Waals surface area contributed by atoms with Crippen molar-refractivity contribution in [3.8, 4) is 11.1 Å². The van der Waals surface area contributed by atoms with Crippen LogP contribution < -0.4 is 5.32 Å². The number of nitrogens with one attached hydrogen (secondary N) is 1. The van der Waals surface area contributed by atoms with Gasteiger partial charge in [-0.2, -0.15) is 0 Å². The van der Waals surface area contributed by atoms with E-state index in [-0.39, 0.29) is 24.4 Å². The summed E-state index contributed by atoms with van der Waals surface area (Å²) < 4.78 is 5.69. The second kappa shape index (κ2) is 7.15. The fourth-order valence-corrected chi connectivity index (χ4v) is 5.74. The highest BCUT2D eigenvalue weighted by atomic mass is 16.5. The zero-order valence-electron chi connectivity index (χ0n) is 17.0. The Balaban J connectivity index is 1.31. The van der Waals surface area contributed by atoms with Crippen molar-refractivity contribution in [1.82, 2.24) is 5.32 Å². The molecule has 0 heterocycles. The average Bonchev–Trinajstić information content (AvgIpc) is 3.37. The highest BCUT2D eigenvalue weighted by molar-refractivity contribution is 5.79. The van der Waals surface area contributed by atoms with E-state index in [2.05, 4.69) is 29.6 Å². The van der Waals surface area contributed by atoms with Gasteiger partial charge in [0.25, 0.3) is 0 Å². The van der Waals surface area contributed by atoms with E-state index in [0.29, 0.717) is 6.42 Å². The van der Waals surface area contributed by atoms with Gasteiger partial charge in [0.2, 0.25) is 0 Å². The molecule has 1 unspecified atom stereocenters. The smallest absolute Gasteiger partial charge is 0.407 e. The van der Waals surface area contributed by atoms with Crippen molar-refractivity contribution in [3.63, 3.8) is 0 Å². The lowest BCUT2D eigenvalue weighted by Crippen LogP contribution is -2.53. The quantitative estimate of drug-likeness (QED) is 0.726. The second-order valence-corrected chi connectivity index (χ2v) is 9.33. The van der Waals surface area contributed by atoms with Crippen LogP contribution in [0.3, 0.4) is 0 Å². The van der Waals surface area contributed by atoms with Gasteiger partial charge in [-0.3, -0.25) is 4.79 Å². The molecule has 0 bridgehead atoms. The van der Waals surface area contributed by atoms with Crippen LogP contribution in [0.15, 0.2) is 48.5 Å². The number of carbonyl (C=O) groups is 2. The van der Waals surface area contributed by atoms with Gasteiger partial charge in [-0.15, -0.1) is 0 Å². The predicted octanol–water partition coefficient (Wildman–Crippen LogP) is 5.09. The van der Waals surface area contributed by atoms with Gasteiger partial charge >= 0.3 is 12.1 Å². The van der Waals surface area contributed by atoms with Crippen LogP contribution in [0.5, 0.6) is 0 Å².